The lowest BCUT2D eigenvalue weighted by Crippen LogP contribution is -2.35. The summed E-state index contributed by atoms with van der Waals surface area (Å²) in [6, 6.07) is -0.0282. The van der Waals surface area contributed by atoms with Crippen molar-refractivity contribution in [1.82, 2.24) is 10.3 Å². The van der Waals surface area contributed by atoms with Crippen molar-refractivity contribution in [3.63, 3.8) is 0 Å². The molecular weight excluding hydrogens is 248 g/mol. The normalized spacial score (nSPS) is 14.1. The van der Waals surface area contributed by atoms with E-state index in [-0.39, 0.29) is 6.04 Å². The lowest BCUT2D eigenvalue weighted by atomic mass is 10.3. The molecule has 0 aromatic carbocycles. The van der Waals surface area contributed by atoms with Crippen molar-refractivity contribution in [2.75, 3.05) is 19.8 Å². The Bertz CT molecular complexity index is 387. The highest BCUT2D eigenvalue weighted by molar-refractivity contribution is 7.09. The summed E-state index contributed by atoms with van der Waals surface area (Å²) in [5.41, 5.74) is 2.90. The monoisotopic (exact) mass is 268 g/mol. The minimum atomic E-state index is -0.525. The van der Waals surface area contributed by atoms with Crippen LogP contribution < -0.4 is 5.32 Å². The Morgan fingerprint density at radius 1 is 1.67 bits per heavy atom. The second-order valence-electron chi connectivity index (χ2n) is 4.14. The summed E-state index contributed by atoms with van der Waals surface area (Å²) in [5, 5.41) is 12.7. The van der Waals surface area contributed by atoms with Crippen LogP contribution in [0.3, 0.4) is 0 Å². The van der Waals surface area contributed by atoms with E-state index in [0.29, 0.717) is 19.8 Å². The second kappa shape index (κ2) is 8.22. The Hall–Kier alpha value is -0.930. The Labute approximate surface area is 112 Å². The number of hydrogen-bond acceptors (Lipinski definition) is 5. The van der Waals surface area contributed by atoms with Gasteiger partial charge >= 0.3 is 0 Å². The summed E-state index contributed by atoms with van der Waals surface area (Å²) in [5.74, 6) is 2.54. The topological polar surface area (TPSA) is 54.4 Å². The molecule has 4 nitrogen and oxygen atoms in total. The van der Waals surface area contributed by atoms with Gasteiger partial charge in [-0.25, -0.2) is 4.98 Å². The molecule has 2 atom stereocenters. The Balaban J connectivity index is 2.07. The summed E-state index contributed by atoms with van der Waals surface area (Å²) in [4.78, 5) is 5.41. The van der Waals surface area contributed by atoms with Crippen molar-refractivity contribution < 1.29 is 9.84 Å². The Morgan fingerprint density at radius 3 is 3.06 bits per heavy atom. The third-order valence-corrected chi connectivity index (χ3v) is 3.53. The number of ether oxygens (including phenoxy) is 1. The first-order valence-corrected chi connectivity index (χ1v) is 6.85. The summed E-state index contributed by atoms with van der Waals surface area (Å²) in [6.07, 6.45) is 5.54. The van der Waals surface area contributed by atoms with Crippen LogP contribution in [0.15, 0.2) is 5.51 Å². The van der Waals surface area contributed by atoms with Gasteiger partial charge in [0.15, 0.2) is 0 Å². The van der Waals surface area contributed by atoms with Crippen molar-refractivity contribution in [1.29, 1.82) is 0 Å². The highest BCUT2D eigenvalue weighted by Gasteiger charge is 2.06. The Morgan fingerprint density at radius 2 is 2.44 bits per heavy atom. The molecule has 0 bridgehead atoms. The smallest absolute Gasteiger partial charge is 0.0898 e. The van der Waals surface area contributed by atoms with E-state index in [4.69, 9.17) is 11.2 Å². The predicted molar refractivity (Wildman–Crippen MR) is 73.7 cm³/mol. The van der Waals surface area contributed by atoms with Crippen molar-refractivity contribution in [3.05, 3.63) is 16.1 Å². The standard InChI is InChI=1S/C13H20N2O2S/c1-4-10(2)14-7-12(16)8-17-6-5-13-11(3)15-9-18-13/h1,9-10,12,14,16H,5-8H2,2-3H3. The fraction of sp³-hybridized carbons (Fsp3) is 0.615. The van der Waals surface area contributed by atoms with Crippen LogP contribution in [0.4, 0.5) is 0 Å². The van der Waals surface area contributed by atoms with Crippen molar-refractivity contribution in [2.24, 2.45) is 0 Å². The fourth-order valence-corrected chi connectivity index (χ4v) is 2.14. The number of aryl methyl sites for hydroxylation is 1. The number of aliphatic hydroxyl groups excluding tert-OH is 1. The van der Waals surface area contributed by atoms with E-state index in [2.05, 4.69) is 16.2 Å². The molecule has 1 aromatic heterocycles. The third kappa shape index (κ3) is 5.61. The fourth-order valence-electron chi connectivity index (χ4n) is 1.38. The lowest BCUT2D eigenvalue weighted by Gasteiger charge is -2.13. The first-order valence-electron chi connectivity index (χ1n) is 5.97. The Kier molecular flexibility index (Phi) is 6.91. The number of aliphatic hydroxyl groups is 1. The van der Waals surface area contributed by atoms with E-state index in [1.165, 1.54) is 4.88 Å². The van der Waals surface area contributed by atoms with E-state index >= 15 is 0 Å². The average molecular weight is 268 g/mol. The summed E-state index contributed by atoms with van der Waals surface area (Å²) in [7, 11) is 0. The molecule has 2 unspecified atom stereocenters. The summed E-state index contributed by atoms with van der Waals surface area (Å²) < 4.78 is 5.43. The maximum atomic E-state index is 9.64. The SMILES string of the molecule is C#CC(C)NCC(O)COCCc1scnc1C. The summed E-state index contributed by atoms with van der Waals surface area (Å²) in [6.45, 7) is 5.24. The minimum Gasteiger partial charge on any atom is -0.389 e. The van der Waals surface area contributed by atoms with Crippen LogP contribution in [0.1, 0.15) is 17.5 Å². The van der Waals surface area contributed by atoms with Gasteiger partial charge in [0.2, 0.25) is 0 Å². The van der Waals surface area contributed by atoms with E-state index in [0.717, 1.165) is 12.1 Å². The molecule has 5 heteroatoms. The van der Waals surface area contributed by atoms with Gasteiger partial charge in [-0.1, -0.05) is 5.92 Å². The molecule has 0 saturated carbocycles. The van der Waals surface area contributed by atoms with E-state index in [1.54, 1.807) is 11.3 Å². The van der Waals surface area contributed by atoms with Crippen LogP contribution in [-0.2, 0) is 11.2 Å². The number of rotatable bonds is 8. The largest absolute Gasteiger partial charge is 0.389 e. The first kappa shape index (κ1) is 15.1. The minimum absolute atomic E-state index is 0.0282. The molecule has 0 aliphatic carbocycles. The van der Waals surface area contributed by atoms with E-state index < -0.39 is 6.10 Å². The van der Waals surface area contributed by atoms with Gasteiger partial charge in [-0.05, 0) is 13.8 Å². The second-order valence-corrected chi connectivity index (χ2v) is 5.08. The molecule has 2 N–H and O–H groups in total. The third-order valence-electron chi connectivity index (χ3n) is 2.54. The van der Waals surface area contributed by atoms with Crippen molar-refractivity contribution in [2.45, 2.75) is 32.4 Å². The highest BCUT2D eigenvalue weighted by atomic mass is 32.1. The molecule has 0 spiro atoms. The maximum absolute atomic E-state index is 9.64. The zero-order valence-electron chi connectivity index (χ0n) is 10.8. The lowest BCUT2D eigenvalue weighted by molar-refractivity contribution is 0.0381. The zero-order valence-corrected chi connectivity index (χ0v) is 11.7. The van der Waals surface area contributed by atoms with Crippen molar-refractivity contribution >= 4 is 11.3 Å². The van der Waals surface area contributed by atoms with E-state index in [1.807, 2.05) is 19.4 Å². The molecule has 0 amide bonds. The van der Waals surface area contributed by atoms with Crippen LogP contribution in [0.2, 0.25) is 0 Å². The van der Waals surface area contributed by atoms with Crippen LogP contribution >= 0.6 is 11.3 Å². The first-order chi connectivity index (χ1) is 8.63. The molecule has 1 rings (SSSR count). The van der Waals surface area contributed by atoms with Gasteiger partial charge in [0, 0.05) is 17.8 Å². The molecule has 0 saturated heterocycles. The summed E-state index contributed by atoms with van der Waals surface area (Å²) >= 11 is 1.64. The quantitative estimate of drug-likeness (QED) is 0.545. The predicted octanol–water partition coefficient (Wildman–Crippen LogP) is 0.983. The van der Waals surface area contributed by atoms with Crippen LogP contribution in [-0.4, -0.2) is 42.0 Å². The molecular formula is C13H20N2O2S. The molecule has 0 aliphatic rings. The van der Waals surface area contributed by atoms with Crippen LogP contribution in [0.25, 0.3) is 0 Å². The number of thiazole rings is 1. The number of nitrogens with zero attached hydrogens (tertiary/aromatic N) is 1. The average Bonchev–Trinajstić information content (AvgIpc) is 2.77. The highest BCUT2D eigenvalue weighted by Crippen LogP contribution is 2.12. The molecule has 0 aliphatic heterocycles. The zero-order chi connectivity index (χ0) is 13.4. The van der Waals surface area contributed by atoms with Crippen LogP contribution in [0.5, 0.6) is 0 Å². The molecule has 1 heterocycles. The van der Waals surface area contributed by atoms with E-state index in [9.17, 15) is 5.11 Å². The molecule has 0 fully saturated rings. The molecule has 18 heavy (non-hydrogen) atoms. The van der Waals surface area contributed by atoms with Crippen molar-refractivity contribution in [3.8, 4) is 12.3 Å². The van der Waals surface area contributed by atoms with Gasteiger partial charge in [0.05, 0.1) is 36.6 Å². The van der Waals surface area contributed by atoms with Gasteiger partial charge in [-0.15, -0.1) is 17.8 Å². The molecule has 1 aromatic rings. The molecule has 100 valence electrons. The van der Waals surface area contributed by atoms with Gasteiger partial charge in [-0.3, -0.25) is 0 Å². The van der Waals surface area contributed by atoms with Gasteiger partial charge in [0.1, 0.15) is 0 Å². The van der Waals surface area contributed by atoms with Gasteiger partial charge in [0.25, 0.3) is 0 Å². The number of aromatic nitrogens is 1. The number of nitrogens with one attached hydrogen (secondary N) is 1. The number of hydrogen-bond donors (Lipinski definition) is 2. The molecule has 0 radical (unpaired) electrons. The van der Waals surface area contributed by atoms with Gasteiger partial charge < -0.3 is 15.2 Å². The van der Waals surface area contributed by atoms with Crippen LogP contribution in [0, 0.1) is 19.3 Å². The number of terminal acetylenes is 1. The maximum Gasteiger partial charge on any atom is 0.0898 e. The van der Waals surface area contributed by atoms with Gasteiger partial charge in [-0.2, -0.15) is 0 Å².